The third kappa shape index (κ3) is 5.12. The van der Waals surface area contributed by atoms with E-state index in [4.69, 9.17) is 0 Å². The van der Waals surface area contributed by atoms with Crippen molar-refractivity contribution in [2.45, 2.75) is 52.8 Å². The van der Waals surface area contributed by atoms with Crippen LogP contribution in [0.3, 0.4) is 0 Å². The number of hydrogen-bond donors (Lipinski definition) is 1. The monoisotopic (exact) mass is 233 g/mol. The van der Waals surface area contributed by atoms with Crippen LogP contribution >= 0.6 is 0 Å². The number of nitrogens with one attached hydrogen (secondary N) is 1. The molecule has 0 radical (unpaired) electrons. The second-order valence-corrected chi connectivity index (χ2v) is 7.54. The summed E-state index contributed by atoms with van der Waals surface area (Å²) in [6, 6.07) is 0.319. The molecule has 0 heterocycles. The molecule has 0 rings (SSSR count). The largest absolute Gasteiger partial charge is 0.316 e. The Morgan fingerprint density at radius 3 is 1.93 bits per heavy atom. The average Bonchev–Trinajstić information content (AvgIpc) is 2.10. The predicted molar refractivity (Wildman–Crippen MR) is 69.6 cm³/mol. The van der Waals surface area contributed by atoms with Crippen LogP contribution in [0.15, 0.2) is 0 Å². The Labute approximate surface area is 97.7 Å². The van der Waals surface area contributed by atoms with Gasteiger partial charge in [0.2, 0.25) is 0 Å². The summed E-state index contributed by atoms with van der Waals surface area (Å²) in [6.45, 7) is 12.9. The van der Waals surface area contributed by atoms with Gasteiger partial charge in [0.05, 0.1) is 0 Å². The summed E-state index contributed by atoms with van der Waals surface area (Å²) >= 11 is 0. The van der Waals surface area contributed by atoms with Crippen LogP contribution in [0.25, 0.3) is 0 Å². The van der Waals surface area contributed by atoms with Crippen molar-refractivity contribution < 1.29 is 4.21 Å². The van der Waals surface area contributed by atoms with Crippen LogP contribution < -0.4 is 5.32 Å². The molecule has 0 amide bonds. The first-order valence-corrected chi connectivity index (χ1v) is 7.12. The van der Waals surface area contributed by atoms with E-state index in [1.807, 2.05) is 7.05 Å². The quantitative estimate of drug-likeness (QED) is 0.790. The number of hydrogen-bond acceptors (Lipinski definition) is 2. The third-order valence-electron chi connectivity index (χ3n) is 3.08. The summed E-state index contributed by atoms with van der Waals surface area (Å²) < 4.78 is 12.1. The summed E-state index contributed by atoms with van der Waals surface area (Å²) in [5.41, 5.74) is 0.168. The van der Waals surface area contributed by atoms with Crippen molar-refractivity contribution in [2.24, 2.45) is 11.3 Å². The van der Waals surface area contributed by atoms with Gasteiger partial charge in [0.25, 0.3) is 0 Å². The van der Waals surface area contributed by atoms with E-state index in [0.717, 1.165) is 5.75 Å². The second-order valence-electron chi connectivity index (χ2n) is 5.70. The fourth-order valence-corrected chi connectivity index (χ4v) is 3.29. The first kappa shape index (κ1) is 15.1. The van der Waals surface area contributed by atoms with Crippen molar-refractivity contribution >= 4 is 10.8 Å². The summed E-state index contributed by atoms with van der Waals surface area (Å²) in [5.74, 6) is 1.24. The lowest BCUT2D eigenvalue weighted by Crippen LogP contribution is -2.43. The maximum atomic E-state index is 12.1. The van der Waals surface area contributed by atoms with E-state index in [1.54, 1.807) is 0 Å². The van der Waals surface area contributed by atoms with Gasteiger partial charge in [-0.15, -0.1) is 0 Å². The topological polar surface area (TPSA) is 29.1 Å². The first-order valence-electron chi connectivity index (χ1n) is 5.74. The molecule has 3 heteroatoms. The Morgan fingerprint density at radius 2 is 1.67 bits per heavy atom. The molecule has 0 aliphatic rings. The van der Waals surface area contributed by atoms with Gasteiger partial charge in [0.1, 0.15) is 0 Å². The molecular formula is C12H27NOS. The number of rotatable bonds is 5. The summed E-state index contributed by atoms with van der Waals surface area (Å²) in [5, 5.41) is 3.55. The van der Waals surface area contributed by atoms with Crippen molar-refractivity contribution in [2.75, 3.05) is 12.8 Å². The van der Waals surface area contributed by atoms with Crippen LogP contribution in [-0.4, -0.2) is 28.3 Å². The van der Waals surface area contributed by atoms with Crippen molar-refractivity contribution in [3.05, 3.63) is 0 Å². The van der Waals surface area contributed by atoms with Gasteiger partial charge in [-0.1, -0.05) is 41.5 Å². The zero-order chi connectivity index (χ0) is 12.2. The zero-order valence-corrected chi connectivity index (χ0v) is 12.1. The average molecular weight is 233 g/mol. The van der Waals surface area contributed by atoms with E-state index in [9.17, 15) is 4.21 Å². The van der Waals surface area contributed by atoms with E-state index in [2.05, 4.69) is 46.9 Å². The Bertz CT molecular complexity index is 208. The molecular weight excluding hydrogens is 206 g/mol. The van der Waals surface area contributed by atoms with Gasteiger partial charge in [0.15, 0.2) is 0 Å². The first-order chi connectivity index (χ1) is 6.70. The van der Waals surface area contributed by atoms with Gasteiger partial charge in [-0.2, -0.15) is 0 Å². The van der Waals surface area contributed by atoms with Gasteiger partial charge in [0, 0.05) is 27.8 Å². The van der Waals surface area contributed by atoms with Gasteiger partial charge >= 0.3 is 0 Å². The highest BCUT2D eigenvalue weighted by Gasteiger charge is 2.27. The molecule has 3 unspecified atom stereocenters. The summed E-state index contributed by atoms with van der Waals surface area (Å²) in [4.78, 5) is 0. The van der Waals surface area contributed by atoms with Crippen LogP contribution in [0.1, 0.15) is 41.5 Å². The van der Waals surface area contributed by atoms with Crippen LogP contribution in [0.2, 0.25) is 0 Å². The molecule has 1 N–H and O–H groups in total. The van der Waals surface area contributed by atoms with E-state index < -0.39 is 10.8 Å². The third-order valence-corrected chi connectivity index (χ3v) is 5.11. The van der Waals surface area contributed by atoms with Crippen molar-refractivity contribution in [1.29, 1.82) is 0 Å². The van der Waals surface area contributed by atoms with Crippen molar-refractivity contribution in [3.63, 3.8) is 0 Å². The molecule has 0 aliphatic heterocycles. The minimum atomic E-state index is -0.734. The molecule has 0 aromatic heterocycles. The smallest absolute Gasteiger partial charge is 0.0396 e. The standard InChI is InChI=1S/C12H27NOS/c1-9(2)10(3)15(14)8-11(13-7)12(4,5)6/h9-11,13H,8H2,1-7H3. The Balaban J connectivity index is 4.38. The molecule has 0 fully saturated rings. The molecule has 2 nitrogen and oxygen atoms in total. The van der Waals surface area contributed by atoms with Gasteiger partial charge in [-0.3, -0.25) is 4.21 Å². The lowest BCUT2D eigenvalue weighted by atomic mass is 9.88. The molecule has 0 saturated carbocycles. The predicted octanol–water partition coefficient (Wildman–Crippen LogP) is 2.41. The Morgan fingerprint density at radius 1 is 1.20 bits per heavy atom. The van der Waals surface area contributed by atoms with E-state index >= 15 is 0 Å². The highest BCUT2D eigenvalue weighted by Crippen LogP contribution is 2.21. The minimum Gasteiger partial charge on any atom is -0.316 e. The highest BCUT2D eigenvalue weighted by molar-refractivity contribution is 7.85. The minimum absolute atomic E-state index is 0.168. The van der Waals surface area contributed by atoms with Gasteiger partial charge < -0.3 is 5.32 Å². The van der Waals surface area contributed by atoms with Gasteiger partial charge in [-0.05, 0) is 18.4 Å². The molecule has 0 bridgehead atoms. The van der Waals surface area contributed by atoms with Crippen LogP contribution in [0.5, 0.6) is 0 Å². The molecule has 0 saturated heterocycles. The lowest BCUT2D eigenvalue weighted by Gasteiger charge is -2.31. The van der Waals surface area contributed by atoms with Crippen LogP contribution in [0.4, 0.5) is 0 Å². The molecule has 0 aromatic rings. The van der Waals surface area contributed by atoms with E-state index in [0.29, 0.717) is 12.0 Å². The van der Waals surface area contributed by atoms with Crippen molar-refractivity contribution in [3.8, 4) is 0 Å². The molecule has 92 valence electrons. The van der Waals surface area contributed by atoms with E-state index in [-0.39, 0.29) is 10.7 Å². The fraction of sp³-hybridized carbons (Fsp3) is 1.00. The normalized spacial score (nSPS) is 18.9. The zero-order valence-electron chi connectivity index (χ0n) is 11.3. The van der Waals surface area contributed by atoms with E-state index in [1.165, 1.54) is 0 Å². The summed E-state index contributed by atoms with van der Waals surface area (Å²) in [6.07, 6.45) is 0. The molecule has 3 atom stereocenters. The molecule has 0 aliphatic carbocycles. The maximum Gasteiger partial charge on any atom is 0.0396 e. The SMILES string of the molecule is CNC(CS(=O)C(C)C(C)C)C(C)(C)C. The Kier molecular flexibility index (Phi) is 6.04. The van der Waals surface area contributed by atoms with Gasteiger partial charge in [-0.25, -0.2) is 0 Å². The van der Waals surface area contributed by atoms with Crippen LogP contribution in [-0.2, 0) is 10.8 Å². The molecule has 15 heavy (non-hydrogen) atoms. The second kappa shape index (κ2) is 6.00. The highest BCUT2D eigenvalue weighted by atomic mass is 32.2. The molecule has 0 aromatic carbocycles. The Hall–Kier alpha value is 0.110. The van der Waals surface area contributed by atoms with Crippen molar-refractivity contribution in [1.82, 2.24) is 5.32 Å². The summed E-state index contributed by atoms with van der Waals surface area (Å²) in [7, 11) is 1.22. The molecule has 0 spiro atoms. The van der Waals surface area contributed by atoms with Crippen LogP contribution in [0, 0.1) is 11.3 Å². The lowest BCUT2D eigenvalue weighted by molar-refractivity contribution is 0.303. The fourth-order valence-electron chi connectivity index (χ4n) is 1.39. The maximum absolute atomic E-state index is 12.1.